The van der Waals surface area contributed by atoms with Gasteiger partial charge in [0, 0.05) is 31.2 Å². The first-order valence-corrected chi connectivity index (χ1v) is 11.8. The van der Waals surface area contributed by atoms with Crippen LogP contribution < -0.4 is 0 Å². The SMILES string of the molecule is O=C(c1cccc2ccccc12)N1CCCC(C(=O)N2CCCC2Cc2ccccc2)C1. The number of rotatable bonds is 4. The van der Waals surface area contributed by atoms with Crippen molar-refractivity contribution in [3.8, 4) is 0 Å². The normalized spacial score (nSPS) is 21.1. The van der Waals surface area contributed by atoms with Crippen molar-refractivity contribution in [3.05, 3.63) is 83.9 Å². The van der Waals surface area contributed by atoms with E-state index in [0.717, 1.165) is 61.5 Å². The van der Waals surface area contributed by atoms with Crippen LogP contribution >= 0.6 is 0 Å². The summed E-state index contributed by atoms with van der Waals surface area (Å²) in [7, 11) is 0. The van der Waals surface area contributed by atoms with Gasteiger partial charge in [-0.05, 0) is 54.5 Å². The molecule has 3 aromatic rings. The van der Waals surface area contributed by atoms with E-state index in [2.05, 4.69) is 29.2 Å². The van der Waals surface area contributed by atoms with E-state index in [9.17, 15) is 9.59 Å². The van der Waals surface area contributed by atoms with Gasteiger partial charge in [-0.2, -0.15) is 0 Å². The van der Waals surface area contributed by atoms with Gasteiger partial charge in [0.05, 0.1) is 5.92 Å². The van der Waals surface area contributed by atoms with E-state index in [1.54, 1.807) is 0 Å². The molecular formula is C28H30N2O2. The molecule has 2 aliphatic rings. The van der Waals surface area contributed by atoms with Gasteiger partial charge in [0.15, 0.2) is 0 Å². The highest BCUT2D eigenvalue weighted by Gasteiger charge is 2.36. The molecule has 0 bridgehead atoms. The van der Waals surface area contributed by atoms with Crippen LogP contribution in [0.5, 0.6) is 0 Å². The summed E-state index contributed by atoms with van der Waals surface area (Å²) in [6.07, 6.45) is 4.79. The lowest BCUT2D eigenvalue weighted by molar-refractivity contribution is -0.137. The van der Waals surface area contributed by atoms with Gasteiger partial charge in [-0.25, -0.2) is 0 Å². The van der Waals surface area contributed by atoms with Gasteiger partial charge in [0.25, 0.3) is 5.91 Å². The fourth-order valence-corrected chi connectivity index (χ4v) is 5.40. The molecule has 2 saturated heterocycles. The molecule has 5 rings (SSSR count). The van der Waals surface area contributed by atoms with Crippen molar-refractivity contribution >= 4 is 22.6 Å². The lowest BCUT2D eigenvalue weighted by Gasteiger charge is -2.36. The minimum Gasteiger partial charge on any atom is -0.339 e. The van der Waals surface area contributed by atoms with Gasteiger partial charge < -0.3 is 9.80 Å². The number of hydrogen-bond donors (Lipinski definition) is 0. The standard InChI is InChI=1S/C28H30N2O2/c31-27(30-18-8-14-24(30)19-21-9-2-1-3-10-21)23-13-7-17-29(20-23)28(32)26-16-6-12-22-11-4-5-15-25(22)26/h1-6,9-12,15-16,23-24H,7-8,13-14,17-20H2. The average molecular weight is 427 g/mol. The second kappa shape index (κ2) is 9.15. The number of amides is 2. The molecule has 2 heterocycles. The molecule has 4 nitrogen and oxygen atoms in total. The fourth-order valence-electron chi connectivity index (χ4n) is 5.40. The lowest BCUT2D eigenvalue weighted by atomic mass is 9.94. The van der Waals surface area contributed by atoms with Crippen LogP contribution in [0.1, 0.15) is 41.6 Å². The molecule has 2 amide bonds. The number of carbonyl (C=O) groups excluding carboxylic acids is 2. The van der Waals surface area contributed by atoms with Crippen LogP contribution in [-0.4, -0.2) is 47.3 Å². The van der Waals surface area contributed by atoms with Crippen LogP contribution in [0.2, 0.25) is 0 Å². The van der Waals surface area contributed by atoms with Gasteiger partial charge in [-0.3, -0.25) is 9.59 Å². The fraction of sp³-hybridized carbons (Fsp3) is 0.357. The Morgan fingerprint density at radius 3 is 2.44 bits per heavy atom. The molecule has 164 valence electrons. The van der Waals surface area contributed by atoms with Gasteiger partial charge in [-0.1, -0.05) is 66.7 Å². The van der Waals surface area contributed by atoms with E-state index < -0.39 is 0 Å². The van der Waals surface area contributed by atoms with E-state index in [1.807, 2.05) is 53.4 Å². The Bertz CT molecular complexity index is 1110. The van der Waals surface area contributed by atoms with Crippen LogP contribution in [0.15, 0.2) is 72.8 Å². The predicted octanol–water partition coefficient (Wildman–Crippen LogP) is 4.93. The molecule has 0 saturated carbocycles. The molecule has 2 atom stereocenters. The molecule has 0 N–H and O–H groups in total. The van der Waals surface area contributed by atoms with Crippen molar-refractivity contribution in [2.45, 2.75) is 38.1 Å². The monoisotopic (exact) mass is 426 g/mol. The van der Waals surface area contributed by atoms with Crippen molar-refractivity contribution in [1.29, 1.82) is 0 Å². The molecule has 3 aromatic carbocycles. The second-order valence-corrected chi connectivity index (χ2v) is 9.13. The zero-order valence-corrected chi connectivity index (χ0v) is 18.5. The maximum absolute atomic E-state index is 13.5. The Balaban J connectivity index is 1.30. The van der Waals surface area contributed by atoms with Crippen molar-refractivity contribution in [2.75, 3.05) is 19.6 Å². The largest absolute Gasteiger partial charge is 0.339 e. The number of fused-ring (bicyclic) bond motifs is 1. The Kier molecular flexibility index (Phi) is 5.93. The summed E-state index contributed by atoms with van der Waals surface area (Å²) in [6.45, 7) is 2.08. The van der Waals surface area contributed by atoms with Gasteiger partial charge >= 0.3 is 0 Å². The van der Waals surface area contributed by atoms with Crippen molar-refractivity contribution in [2.24, 2.45) is 5.92 Å². The minimum absolute atomic E-state index is 0.0431. The number of nitrogens with zero attached hydrogens (tertiary/aromatic N) is 2. The van der Waals surface area contributed by atoms with Crippen LogP contribution in [0.3, 0.4) is 0 Å². The van der Waals surface area contributed by atoms with E-state index >= 15 is 0 Å². The Hall–Kier alpha value is -3.14. The number of hydrogen-bond acceptors (Lipinski definition) is 2. The highest BCUT2D eigenvalue weighted by molar-refractivity contribution is 6.07. The van der Waals surface area contributed by atoms with Crippen molar-refractivity contribution < 1.29 is 9.59 Å². The summed E-state index contributed by atoms with van der Waals surface area (Å²) < 4.78 is 0. The summed E-state index contributed by atoms with van der Waals surface area (Å²) in [4.78, 5) is 30.9. The third kappa shape index (κ3) is 4.14. The number of piperidine rings is 1. The zero-order chi connectivity index (χ0) is 21.9. The number of likely N-dealkylation sites (tertiary alicyclic amines) is 2. The molecule has 2 unspecified atom stereocenters. The number of carbonyl (C=O) groups is 2. The average Bonchev–Trinajstić information content (AvgIpc) is 3.31. The van der Waals surface area contributed by atoms with Crippen LogP contribution in [-0.2, 0) is 11.2 Å². The first kappa shape index (κ1) is 20.7. The summed E-state index contributed by atoms with van der Waals surface area (Å²) in [6, 6.07) is 24.6. The number of benzene rings is 3. The third-order valence-electron chi connectivity index (χ3n) is 7.05. The summed E-state index contributed by atoms with van der Waals surface area (Å²) in [5, 5.41) is 2.06. The molecule has 0 aromatic heterocycles. The van der Waals surface area contributed by atoms with Crippen LogP contribution in [0.4, 0.5) is 0 Å². The van der Waals surface area contributed by atoms with Gasteiger partial charge in [0.2, 0.25) is 5.91 Å². The molecular weight excluding hydrogens is 396 g/mol. The van der Waals surface area contributed by atoms with E-state index in [1.165, 1.54) is 5.56 Å². The van der Waals surface area contributed by atoms with E-state index in [-0.39, 0.29) is 23.8 Å². The molecule has 32 heavy (non-hydrogen) atoms. The Morgan fingerprint density at radius 1 is 0.812 bits per heavy atom. The Labute approximate surface area is 189 Å². The summed E-state index contributed by atoms with van der Waals surface area (Å²) >= 11 is 0. The highest BCUT2D eigenvalue weighted by Crippen LogP contribution is 2.28. The second-order valence-electron chi connectivity index (χ2n) is 9.13. The Morgan fingerprint density at radius 2 is 1.56 bits per heavy atom. The predicted molar refractivity (Wildman–Crippen MR) is 127 cm³/mol. The van der Waals surface area contributed by atoms with E-state index in [0.29, 0.717) is 6.54 Å². The molecule has 2 fully saturated rings. The van der Waals surface area contributed by atoms with Crippen LogP contribution in [0.25, 0.3) is 10.8 Å². The topological polar surface area (TPSA) is 40.6 Å². The highest BCUT2D eigenvalue weighted by atomic mass is 16.2. The molecule has 2 aliphatic heterocycles. The molecule has 0 spiro atoms. The molecule has 4 heteroatoms. The minimum atomic E-state index is -0.0981. The van der Waals surface area contributed by atoms with Gasteiger partial charge in [0.1, 0.15) is 0 Å². The molecule has 0 radical (unpaired) electrons. The van der Waals surface area contributed by atoms with Crippen LogP contribution in [0, 0.1) is 5.92 Å². The van der Waals surface area contributed by atoms with Crippen molar-refractivity contribution in [1.82, 2.24) is 9.80 Å². The summed E-state index contributed by atoms with van der Waals surface area (Å²) in [5.74, 6) is 0.180. The zero-order valence-electron chi connectivity index (χ0n) is 18.5. The smallest absolute Gasteiger partial charge is 0.254 e. The quantitative estimate of drug-likeness (QED) is 0.594. The lowest BCUT2D eigenvalue weighted by Crippen LogP contribution is -2.48. The maximum atomic E-state index is 13.5. The maximum Gasteiger partial charge on any atom is 0.254 e. The third-order valence-corrected chi connectivity index (χ3v) is 7.05. The first-order valence-electron chi connectivity index (χ1n) is 11.8. The van der Waals surface area contributed by atoms with Crippen molar-refractivity contribution in [3.63, 3.8) is 0 Å². The first-order chi connectivity index (χ1) is 15.7. The van der Waals surface area contributed by atoms with Gasteiger partial charge in [-0.15, -0.1) is 0 Å². The summed E-state index contributed by atoms with van der Waals surface area (Å²) in [5.41, 5.74) is 2.02. The molecule has 0 aliphatic carbocycles. The van der Waals surface area contributed by atoms with E-state index in [4.69, 9.17) is 0 Å².